The maximum absolute atomic E-state index is 14.0. The molecular formula is C33H32BrFN2O4S. The van der Waals surface area contributed by atoms with Gasteiger partial charge in [-0.1, -0.05) is 62.4 Å². The quantitative estimate of drug-likeness (QED) is 0.154. The van der Waals surface area contributed by atoms with Crippen LogP contribution in [0.2, 0.25) is 0 Å². The Bertz CT molecular complexity index is 1580. The molecule has 0 aliphatic carbocycles. The minimum absolute atomic E-state index is 0.0758. The summed E-state index contributed by atoms with van der Waals surface area (Å²) in [5.74, 6) is -0.384. The summed E-state index contributed by atoms with van der Waals surface area (Å²) in [6, 6.07) is 18.9. The Balaban J connectivity index is 1.64. The van der Waals surface area contributed by atoms with Crippen LogP contribution in [0, 0.1) is 5.82 Å². The Kier molecular flexibility index (Phi) is 9.96. The van der Waals surface area contributed by atoms with Crippen molar-refractivity contribution in [3.05, 3.63) is 116 Å². The number of benzene rings is 3. The molecule has 0 aromatic heterocycles. The number of ether oxygens (including phenoxy) is 2. The van der Waals surface area contributed by atoms with Gasteiger partial charge in [-0.25, -0.2) is 9.18 Å². The van der Waals surface area contributed by atoms with Crippen LogP contribution in [0.4, 0.5) is 4.39 Å². The molecule has 9 heteroatoms. The van der Waals surface area contributed by atoms with Gasteiger partial charge in [0.25, 0.3) is 5.91 Å². The van der Waals surface area contributed by atoms with Crippen molar-refractivity contribution in [2.24, 2.45) is 0 Å². The highest BCUT2D eigenvalue weighted by atomic mass is 79.9. The van der Waals surface area contributed by atoms with E-state index >= 15 is 0 Å². The van der Waals surface area contributed by atoms with Crippen LogP contribution in [-0.4, -0.2) is 29.0 Å². The molecule has 0 fully saturated rings. The summed E-state index contributed by atoms with van der Waals surface area (Å²) in [5.41, 5.74) is 4.30. The summed E-state index contributed by atoms with van der Waals surface area (Å²) in [4.78, 5) is 28.3. The van der Waals surface area contributed by atoms with Crippen molar-refractivity contribution in [1.82, 2.24) is 10.2 Å². The molecule has 0 radical (unpaired) electrons. The van der Waals surface area contributed by atoms with Gasteiger partial charge in [0.15, 0.2) is 5.11 Å². The molecule has 3 aromatic carbocycles. The molecular weight excluding hydrogens is 619 g/mol. The zero-order valence-electron chi connectivity index (χ0n) is 24.0. The molecule has 0 saturated carbocycles. The Hall–Kier alpha value is -3.82. The number of carbonyl (C=O) groups is 2. The highest BCUT2D eigenvalue weighted by Crippen LogP contribution is 2.36. The van der Waals surface area contributed by atoms with Crippen molar-refractivity contribution >= 4 is 51.2 Å². The van der Waals surface area contributed by atoms with Gasteiger partial charge in [-0.2, -0.15) is 0 Å². The number of hydrogen-bond donors (Lipinski definition) is 1. The maximum Gasteiger partial charge on any atom is 0.337 e. The van der Waals surface area contributed by atoms with E-state index in [9.17, 15) is 14.0 Å². The van der Waals surface area contributed by atoms with Gasteiger partial charge in [-0.15, -0.1) is 0 Å². The average molecular weight is 652 g/mol. The van der Waals surface area contributed by atoms with E-state index < -0.39 is 12.0 Å². The number of esters is 1. The number of hydrogen-bond acceptors (Lipinski definition) is 5. The lowest BCUT2D eigenvalue weighted by atomic mass is 9.91. The molecule has 1 aliphatic heterocycles. The average Bonchev–Trinajstić information content (AvgIpc) is 2.96. The lowest BCUT2D eigenvalue weighted by Crippen LogP contribution is -2.51. The highest BCUT2D eigenvalue weighted by molar-refractivity contribution is 9.10. The topological polar surface area (TPSA) is 67.9 Å². The molecule has 3 aromatic rings. The second-order valence-electron chi connectivity index (χ2n) is 10.3. The van der Waals surface area contributed by atoms with Crippen LogP contribution in [0.1, 0.15) is 61.9 Å². The van der Waals surface area contributed by atoms with Crippen LogP contribution in [0.25, 0.3) is 6.08 Å². The smallest absolute Gasteiger partial charge is 0.337 e. The zero-order valence-corrected chi connectivity index (χ0v) is 26.4. The Morgan fingerprint density at radius 2 is 1.81 bits per heavy atom. The summed E-state index contributed by atoms with van der Waals surface area (Å²) < 4.78 is 25.5. The predicted octanol–water partition coefficient (Wildman–Crippen LogP) is 7.60. The standard InChI is InChI=1S/C33H32BrFN2O4S/c1-19(2)23-11-13-24(14-12-23)30-29(32(39)40-5)21(4)36-33(42)37(30)31(38)20(3)16-22-10-15-28(26(34)17-22)41-18-25-8-6-7-9-27(25)35/h6-17,19,30H,18H2,1-5H3,(H,36,42)/b20-16+/t30-/m1/s1. The maximum atomic E-state index is 14.0. The van der Waals surface area contributed by atoms with Gasteiger partial charge in [0.05, 0.1) is 23.2 Å². The summed E-state index contributed by atoms with van der Waals surface area (Å²) >= 11 is 9.15. The van der Waals surface area contributed by atoms with E-state index in [0.717, 1.165) is 16.7 Å². The molecule has 6 nitrogen and oxygen atoms in total. The highest BCUT2D eigenvalue weighted by Gasteiger charge is 2.40. The van der Waals surface area contributed by atoms with E-state index in [0.29, 0.717) is 38.5 Å². The fourth-order valence-corrected chi connectivity index (χ4v) is 5.55. The van der Waals surface area contributed by atoms with E-state index in [2.05, 4.69) is 35.1 Å². The first-order chi connectivity index (χ1) is 20.0. The largest absolute Gasteiger partial charge is 0.488 e. The Morgan fingerprint density at radius 1 is 1.12 bits per heavy atom. The number of amides is 1. The van der Waals surface area contributed by atoms with Gasteiger partial charge < -0.3 is 14.8 Å². The predicted molar refractivity (Wildman–Crippen MR) is 169 cm³/mol. The van der Waals surface area contributed by atoms with Crippen LogP contribution < -0.4 is 10.1 Å². The van der Waals surface area contributed by atoms with Crippen molar-refractivity contribution in [1.29, 1.82) is 0 Å². The zero-order chi connectivity index (χ0) is 30.6. The molecule has 1 aliphatic rings. The van der Waals surface area contributed by atoms with E-state index in [1.54, 1.807) is 50.3 Å². The summed E-state index contributed by atoms with van der Waals surface area (Å²) in [7, 11) is 1.31. The van der Waals surface area contributed by atoms with Crippen molar-refractivity contribution in [2.75, 3.05) is 7.11 Å². The molecule has 42 heavy (non-hydrogen) atoms. The first-order valence-corrected chi connectivity index (χ1v) is 14.6. The molecule has 1 amide bonds. The fourth-order valence-electron chi connectivity index (χ4n) is 4.70. The van der Waals surface area contributed by atoms with Crippen LogP contribution in [0.3, 0.4) is 0 Å². The van der Waals surface area contributed by atoms with E-state index in [4.69, 9.17) is 21.7 Å². The molecule has 0 bridgehead atoms. The van der Waals surface area contributed by atoms with Crippen LogP contribution in [-0.2, 0) is 20.9 Å². The SMILES string of the molecule is COC(=O)C1=C(C)NC(=S)N(C(=O)/C(C)=C/c2ccc(OCc3ccccc3F)c(Br)c2)[C@@H]1c1ccc(C(C)C)cc1. The number of thiocarbonyl (C=S) groups is 1. The first-order valence-electron chi connectivity index (χ1n) is 13.4. The molecule has 0 unspecified atom stereocenters. The monoisotopic (exact) mass is 650 g/mol. The lowest BCUT2D eigenvalue weighted by molar-refractivity contribution is -0.137. The molecule has 0 saturated heterocycles. The number of carbonyl (C=O) groups excluding carboxylic acids is 2. The third kappa shape index (κ3) is 6.79. The number of methoxy groups -OCH3 is 1. The molecule has 0 spiro atoms. The van der Waals surface area contributed by atoms with Crippen LogP contribution >= 0.6 is 28.1 Å². The number of halogens is 2. The first kappa shape index (κ1) is 31.1. The van der Waals surface area contributed by atoms with Gasteiger partial charge in [0, 0.05) is 16.8 Å². The minimum atomic E-state index is -0.774. The molecule has 1 heterocycles. The molecule has 1 N–H and O–H groups in total. The summed E-state index contributed by atoms with van der Waals surface area (Å²) in [5, 5.41) is 3.20. The third-order valence-corrected chi connectivity index (χ3v) is 7.93. The second-order valence-corrected chi connectivity index (χ2v) is 11.5. The normalized spacial score (nSPS) is 15.5. The Labute approximate surface area is 259 Å². The Morgan fingerprint density at radius 3 is 2.43 bits per heavy atom. The van der Waals surface area contributed by atoms with Crippen molar-refractivity contribution < 1.29 is 23.5 Å². The van der Waals surface area contributed by atoms with Crippen molar-refractivity contribution in [2.45, 2.75) is 46.3 Å². The number of rotatable bonds is 8. The third-order valence-electron chi connectivity index (χ3n) is 7.01. The van der Waals surface area contributed by atoms with Crippen LogP contribution in [0.15, 0.2) is 88.0 Å². The van der Waals surface area contributed by atoms with E-state index in [1.807, 2.05) is 30.3 Å². The summed E-state index contributed by atoms with van der Waals surface area (Å²) in [6.45, 7) is 7.72. The van der Waals surface area contributed by atoms with Gasteiger partial charge in [-0.3, -0.25) is 9.69 Å². The van der Waals surface area contributed by atoms with Gasteiger partial charge in [0.2, 0.25) is 0 Å². The molecule has 1 atom stereocenters. The fraction of sp³-hybridized carbons (Fsp3) is 0.242. The molecule has 4 rings (SSSR count). The van der Waals surface area contributed by atoms with E-state index in [1.165, 1.54) is 18.1 Å². The molecule has 218 valence electrons. The van der Waals surface area contributed by atoms with Crippen LogP contribution in [0.5, 0.6) is 5.75 Å². The number of allylic oxidation sites excluding steroid dienone is 1. The van der Waals surface area contributed by atoms with Crippen molar-refractivity contribution in [3.63, 3.8) is 0 Å². The van der Waals surface area contributed by atoms with E-state index in [-0.39, 0.29) is 23.4 Å². The van der Waals surface area contributed by atoms with Gasteiger partial charge in [-0.05, 0) is 88.9 Å². The number of nitrogens with one attached hydrogen (secondary N) is 1. The second kappa shape index (κ2) is 13.4. The van der Waals surface area contributed by atoms with Gasteiger partial charge >= 0.3 is 5.97 Å². The van der Waals surface area contributed by atoms with Crippen molar-refractivity contribution in [3.8, 4) is 5.75 Å². The minimum Gasteiger partial charge on any atom is -0.488 e. The summed E-state index contributed by atoms with van der Waals surface area (Å²) in [6.07, 6.45) is 1.73. The lowest BCUT2D eigenvalue weighted by Gasteiger charge is -2.38. The van der Waals surface area contributed by atoms with Gasteiger partial charge in [0.1, 0.15) is 18.2 Å². The number of nitrogens with zero attached hydrogens (tertiary/aromatic N) is 1.